The molecule has 0 unspecified atom stereocenters. The molecule has 58 valence electrons. The fourth-order valence-electron chi connectivity index (χ4n) is 0.488. The lowest BCUT2D eigenvalue weighted by molar-refractivity contribution is -0.109. The van der Waals surface area contributed by atoms with E-state index in [1.807, 2.05) is 13.8 Å². The van der Waals surface area contributed by atoms with Crippen molar-refractivity contribution in [3.05, 3.63) is 0 Å². The smallest absolute Gasteiger partial charge is 0.194 e. The molecular formula is C7H13NOS. The van der Waals surface area contributed by atoms with Crippen LogP contribution >= 0.6 is 11.8 Å². The molecular weight excluding hydrogens is 146 g/mol. The summed E-state index contributed by atoms with van der Waals surface area (Å²) in [4.78, 5) is 14.7. The SMILES string of the molecule is CCN=CCC(=O)SCC. The molecule has 0 saturated carbocycles. The zero-order valence-corrected chi connectivity index (χ0v) is 7.28. The van der Waals surface area contributed by atoms with Gasteiger partial charge in [0, 0.05) is 12.8 Å². The lowest BCUT2D eigenvalue weighted by Gasteiger charge is -1.89. The Balaban J connectivity index is 3.30. The van der Waals surface area contributed by atoms with Crippen molar-refractivity contribution < 1.29 is 4.79 Å². The molecule has 0 spiro atoms. The number of hydrogen-bond acceptors (Lipinski definition) is 3. The van der Waals surface area contributed by atoms with Crippen LogP contribution in [0.1, 0.15) is 20.3 Å². The number of carbonyl (C=O) groups is 1. The van der Waals surface area contributed by atoms with Gasteiger partial charge in [-0.25, -0.2) is 0 Å². The Hall–Kier alpha value is -0.310. The lowest BCUT2D eigenvalue weighted by atomic mass is 10.5. The van der Waals surface area contributed by atoms with Gasteiger partial charge in [0.2, 0.25) is 0 Å². The quantitative estimate of drug-likeness (QED) is 0.585. The minimum Gasteiger partial charge on any atom is -0.297 e. The summed E-state index contributed by atoms with van der Waals surface area (Å²) >= 11 is 1.35. The summed E-state index contributed by atoms with van der Waals surface area (Å²) in [5.41, 5.74) is 0. The third kappa shape index (κ3) is 5.82. The normalized spacial score (nSPS) is 10.6. The number of thioether (sulfide) groups is 1. The van der Waals surface area contributed by atoms with E-state index >= 15 is 0 Å². The van der Waals surface area contributed by atoms with Crippen molar-refractivity contribution in [1.29, 1.82) is 0 Å². The van der Waals surface area contributed by atoms with Gasteiger partial charge < -0.3 is 0 Å². The van der Waals surface area contributed by atoms with E-state index in [1.54, 1.807) is 6.21 Å². The van der Waals surface area contributed by atoms with Crippen molar-refractivity contribution in [1.82, 2.24) is 0 Å². The van der Waals surface area contributed by atoms with Crippen molar-refractivity contribution in [2.75, 3.05) is 12.3 Å². The van der Waals surface area contributed by atoms with Gasteiger partial charge in [-0.05, 0) is 12.7 Å². The van der Waals surface area contributed by atoms with Gasteiger partial charge in [-0.1, -0.05) is 18.7 Å². The third-order valence-corrected chi connectivity index (χ3v) is 1.65. The van der Waals surface area contributed by atoms with Crippen LogP contribution in [0.2, 0.25) is 0 Å². The van der Waals surface area contributed by atoms with Gasteiger partial charge in [-0.15, -0.1) is 0 Å². The predicted molar refractivity (Wildman–Crippen MR) is 46.8 cm³/mol. The highest BCUT2D eigenvalue weighted by Gasteiger charge is 1.95. The van der Waals surface area contributed by atoms with Crippen LogP contribution in [-0.2, 0) is 4.79 Å². The number of rotatable bonds is 4. The van der Waals surface area contributed by atoms with Crippen LogP contribution in [0.3, 0.4) is 0 Å². The molecule has 0 aliphatic carbocycles. The van der Waals surface area contributed by atoms with Gasteiger partial charge in [0.1, 0.15) is 0 Å². The Bertz CT molecular complexity index is 123. The summed E-state index contributed by atoms with van der Waals surface area (Å²) in [5, 5.41) is 0.208. The van der Waals surface area contributed by atoms with Crippen molar-refractivity contribution in [3.63, 3.8) is 0 Å². The van der Waals surface area contributed by atoms with Gasteiger partial charge in [-0.2, -0.15) is 0 Å². The standard InChI is InChI=1S/C7H13NOS/c1-3-8-6-5-7(9)10-4-2/h6H,3-5H2,1-2H3. The molecule has 0 bridgehead atoms. The Kier molecular flexibility index (Phi) is 6.59. The summed E-state index contributed by atoms with van der Waals surface area (Å²) in [7, 11) is 0. The van der Waals surface area contributed by atoms with E-state index in [1.165, 1.54) is 11.8 Å². The first-order valence-electron chi connectivity index (χ1n) is 3.45. The largest absolute Gasteiger partial charge is 0.297 e. The summed E-state index contributed by atoms with van der Waals surface area (Å²) in [6, 6.07) is 0. The molecule has 0 fully saturated rings. The van der Waals surface area contributed by atoms with Gasteiger partial charge >= 0.3 is 0 Å². The van der Waals surface area contributed by atoms with E-state index in [0.29, 0.717) is 6.42 Å². The molecule has 0 aliphatic heterocycles. The first-order chi connectivity index (χ1) is 4.81. The van der Waals surface area contributed by atoms with Crippen LogP contribution < -0.4 is 0 Å². The number of aliphatic imine (C=N–C) groups is 1. The zero-order valence-electron chi connectivity index (χ0n) is 6.46. The van der Waals surface area contributed by atoms with Gasteiger partial charge in [0.25, 0.3) is 0 Å². The molecule has 0 atom stereocenters. The van der Waals surface area contributed by atoms with E-state index in [-0.39, 0.29) is 5.12 Å². The molecule has 0 amide bonds. The van der Waals surface area contributed by atoms with Crippen LogP contribution in [0.25, 0.3) is 0 Å². The highest BCUT2D eigenvalue weighted by atomic mass is 32.2. The average Bonchev–Trinajstić information content (AvgIpc) is 1.89. The molecule has 0 aliphatic rings. The Labute approximate surface area is 66.1 Å². The Morgan fingerprint density at radius 2 is 2.30 bits per heavy atom. The fraction of sp³-hybridized carbons (Fsp3) is 0.714. The maximum absolute atomic E-state index is 10.8. The second kappa shape index (κ2) is 6.81. The maximum Gasteiger partial charge on any atom is 0.194 e. The van der Waals surface area contributed by atoms with Crippen molar-refractivity contribution >= 4 is 23.1 Å². The summed E-state index contributed by atoms with van der Waals surface area (Å²) < 4.78 is 0. The molecule has 0 aromatic carbocycles. The first-order valence-corrected chi connectivity index (χ1v) is 4.43. The molecule has 0 heterocycles. The van der Waals surface area contributed by atoms with Crippen LogP contribution in [0.4, 0.5) is 0 Å². The average molecular weight is 159 g/mol. The van der Waals surface area contributed by atoms with E-state index in [9.17, 15) is 4.79 Å². The zero-order chi connectivity index (χ0) is 7.82. The van der Waals surface area contributed by atoms with Crippen molar-refractivity contribution in [3.8, 4) is 0 Å². The Morgan fingerprint density at radius 1 is 1.60 bits per heavy atom. The topological polar surface area (TPSA) is 29.4 Å². The van der Waals surface area contributed by atoms with Gasteiger partial charge in [-0.3, -0.25) is 9.79 Å². The highest BCUT2D eigenvalue weighted by molar-refractivity contribution is 8.13. The maximum atomic E-state index is 10.8. The van der Waals surface area contributed by atoms with Crippen molar-refractivity contribution in [2.45, 2.75) is 20.3 Å². The number of carbonyl (C=O) groups excluding carboxylic acids is 1. The summed E-state index contributed by atoms with van der Waals surface area (Å²) in [6.45, 7) is 4.69. The van der Waals surface area contributed by atoms with Crippen LogP contribution in [-0.4, -0.2) is 23.6 Å². The minimum absolute atomic E-state index is 0.208. The minimum atomic E-state index is 0.208. The number of hydrogen-bond donors (Lipinski definition) is 0. The van der Waals surface area contributed by atoms with Crippen LogP contribution in [0.5, 0.6) is 0 Å². The molecule has 0 N–H and O–H groups in total. The summed E-state index contributed by atoms with van der Waals surface area (Å²) in [6.07, 6.45) is 2.16. The number of nitrogens with zero attached hydrogens (tertiary/aromatic N) is 1. The van der Waals surface area contributed by atoms with Crippen LogP contribution in [0, 0.1) is 0 Å². The van der Waals surface area contributed by atoms with Gasteiger partial charge in [0.05, 0.1) is 6.42 Å². The first kappa shape index (κ1) is 9.69. The van der Waals surface area contributed by atoms with E-state index in [0.717, 1.165) is 12.3 Å². The Morgan fingerprint density at radius 3 is 2.80 bits per heavy atom. The second-order valence-electron chi connectivity index (χ2n) is 1.69. The predicted octanol–water partition coefficient (Wildman–Crippen LogP) is 1.75. The van der Waals surface area contributed by atoms with E-state index < -0.39 is 0 Å². The second-order valence-corrected chi connectivity index (χ2v) is 3.01. The summed E-state index contributed by atoms with van der Waals surface area (Å²) in [5.74, 6) is 0.860. The fourth-order valence-corrected chi connectivity index (χ4v) is 1.00. The molecule has 2 nitrogen and oxygen atoms in total. The lowest BCUT2D eigenvalue weighted by Crippen LogP contribution is -1.92. The molecule has 0 rings (SSSR count). The highest BCUT2D eigenvalue weighted by Crippen LogP contribution is 2.01. The van der Waals surface area contributed by atoms with E-state index in [4.69, 9.17) is 0 Å². The molecule has 0 radical (unpaired) electrons. The van der Waals surface area contributed by atoms with Crippen LogP contribution in [0.15, 0.2) is 4.99 Å². The molecule has 10 heavy (non-hydrogen) atoms. The molecule has 0 aromatic heterocycles. The third-order valence-electron chi connectivity index (χ3n) is 0.875. The van der Waals surface area contributed by atoms with Crippen molar-refractivity contribution in [2.24, 2.45) is 4.99 Å². The molecule has 3 heteroatoms. The monoisotopic (exact) mass is 159 g/mol. The van der Waals surface area contributed by atoms with E-state index in [2.05, 4.69) is 4.99 Å². The molecule has 0 saturated heterocycles. The van der Waals surface area contributed by atoms with Gasteiger partial charge in [0.15, 0.2) is 5.12 Å². The molecule has 0 aromatic rings.